The minimum atomic E-state index is -0.387. The molecule has 2 atom stereocenters. The average molecular weight is 456 g/mol. The molecule has 2 amide bonds. The Bertz CT molecular complexity index is 884. The molecule has 7 nitrogen and oxygen atoms in total. The number of aliphatic hydroxyl groups is 1. The molecule has 1 aromatic carbocycles. The molecule has 0 spiro atoms. The Labute approximate surface area is 197 Å². The number of benzene rings is 1. The van der Waals surface area contributed by atoms with Crippen molar-refractivity contribution in [3.63, 3.8) is 0 Å². The van der Waals surface area contributed by atoms with Crippen LogP contribution in [0.25, 0.3) is 0 Å². The van der Waals surface area contributed by atoms with Crippen LogP contribution in [0.5, 0.6) is 0 Å². The quantitative estimate of drug-likeness (QED) is 0.510. The van der Waals surface area contributed by atoms with Crippen LogP contribution in [-0.4, -0.2) is 46.7 Å². The fourth-order valence-corrected chi connectivity index (χ4v) is 3.00. The number of amides is 2. The van der Waals surface area contributed by atoms with Gasteiger partial charge in [0.1, 0.15) is 5.76 Å². The molecule has 0 bridgehead atoms. The first-order chi connectivity index (χ1) is 15.8. The van der Waals surface area contributed by atoms with Crippen LogP contribution in [0, 0.1) is 12.3 Å². The molecule has 2 N–H and O–H groups in total. The van der Waals surface area contributed by atoms with E-state index >= 15 is 0 Å². The number of aromatic nitrogens is 1. The highest BCUT2D eigenvalue weighted by atomic mass is 16.5. The van der Waals surface area contributed by atoms with Crippen LogP contribution in [0.15, 0.2) is 34.9 Å². The fourth-order valence-electron chi connectivity index (χ4n) is 3.00. The van der Waals surface area contributed by atoms with Crippen LogP contribution < -0.4 is 5.32 Å². The molecule has 2 heterocycles. The van der Waals surface area contributed by atoms with Crippen molar-refractivity contribution in [3.05, 3.63) is 52.9 Å². The number of nitrogens with one attached hydrogen (secondary N) is 1. The van der Waals surface area contributed by atoms with Gasteiger partial charge in [-0.1, -0.05) is 57.3 Å². The number of nitrogens with zero attached hydrogens (tertiary/aromatic N) is 2. The lowest BCUT2D eigenvalue weighted by atomic mass is 10.0. The summed E-state index contributed by atoms with van der Waals surface area (Å²) in [4.78, 5) is 23.8. The Morgan fingerprint density at radius 1 is 1.33 bits per heavy atom. The molecule has 1 aliphatic rings. The number of hydrogen-bond acceptors (Lipinski definition) is 5. The number of carbonyl (C=O) groups excluding carboxylic acids is 2. The van der Waals surface area contributed by atoms with E-state index in [-0.39, 0.29) is 17.9 Å². The lowest BCUT2D eigenvalue weighted by molar-refractivity contribution is -0.132. The third kappa shape index (κ3) is 9.50. The van der Waals surface area contributed by atoms with Gasteiger partial charge in [0.15, 0.2) is 0 Å². The smallest absolute Gasteiger partial charge is 0.233 e. The summed E-state index contributed by atoms with van der Waals surface area (Å²) in [5.41, 5.74) is 2.76. The molecule has 1 aliphatic heterocycles. The predicted octanol–water partition coefficient (Wildman–Crippen LogP) is 3.82. The van der Waals surface area contributed by atoms with Crippen LogP contribution in [0.1, 0.15) is 81.9 Å². The van der Waals surface area contributed by atoms with E-state index in [1.165, 1.54) is 6.42 Å². The molecule has 1 fully saturated rings. The Morgan fingerprint density at radius 2 is 1.97 bits per heavy atom. The highest BCUT2D eigenvalue weighted by Crippen LogP contribution is 2.24. The van der Waals surface area contributed by atoms with Gasteiger partial charge in [-0.2, -0.15) is 0 Å². The Balaban J connectivity index is 0.000000314. The largest absolute Gasteiger partial charge is 0.391 e. The van der Waals surface area contributed by atoms with Gasteiger partial charge in [0.2, 0.25) is 12.3 Å². The van der Waals surface area contributed by atoms with Gasteiger partial charge in [-0.05, 0) is 37.0 Å². The molecule has 180 valence electrons. The van der Waals surface area contributed by atoms with E-state index in [2.05, 4.69) is 30.2 Å². The van der Waals surface area contributed by atoms with Crippen molar-refractivity contribution in [3.8, 4) is 12.3 Å². The van der Waals surface area contributed by atoms with Crippen LogP contribution in [0.4, 0.5) is 0 Å². The first-order valence-electron chi connectivity index (χ1n) is 11.4. The van der Waals surface area contributed by atoms with Crippen LogP contribution in [-0.2, 0) is 16.1 Å². The molecule has 7 heteroatoms. The zero-order valence-corrected chi connectivity index (χ0v) is 20.4. The summed E-state index contributed by atoms with van der Waals surface area (Å²) in [5, 5.41) is 16.0. The maximum absolute atomic E-state index is 12.2. The highest BCUT2D eigenvalue weighted by molar-refractivity contribution is 5.83. The third-order valence-corrected chi connectivity index (χ3v) is 4.92. The Kier molecular flexibility index (Phi) is 12.6. The standard InChI is InChI=1S/C13H20N2O3.C10H9NO.C3H8/c1-8(2)11-6-12(18-14-11)9(3)13(17)15-5-4-10(16)7-15;1-2-9-3-5-10(6-4-9)7-11-8-12;1-3-2/h6,8-10,16H,4-5,7H2,1-3H3;1,3-6,8H,7H2,(H,11,12);3H2,1-2H3. The van der Waals surface area contributed by atoms with Gasteiger partial charge in [-0.3, -0.25) is 9.59 Å². The summed E-state index contributed by atoms with van der Waals surface area (Å²) in [6, 6.07) is 9.33. The SMILES string of the molecule is C#Cc1ccc(CNC=O)cc1.CC(C)c1cc(C(C)C(=O)N2CCC(O)C2)on1.CCC. The topological polar surface area (TPSA) is 95.7 Å². The van der Waals surface area contributed by atoms with Crippen molar-refractivity contribution in [2.24, 2.45) is 0 Å². The van der Waals surface area contributed by atoms with Crippen LogP contribution in [0.2, 0.25) is 0 Å². The molecular formula is C26H37N3O4. The number of rotatable bonds is 6. The number of aliphatic hydroxyl groups excluding tert-OH is 1. The van der Waals surface area contributed by atoms with Gasteiger partial charge in [0.25, 0.3) is 0 Å². The first-order valence-corrected chi connectivity index (χ1v) is 11.4. The van der Waals surface area contributed by atoms with Gasteiger partial charge >= 0.3 is 0 Å². The minimum Gasteiger partial charge on any atom is -0.391 e. The first kappa shape index (κ1) is 27.9. The van der Waals surface area contributed by atoms with Crippen molar-refractivity contribution in [1.29, 1.82) is 0 Å². The highest BCUT2D eigenvalue weighted by Gasteiger charge is 2.30. The van der Waals surface area contributed by atoms with Crippen LogP contribution >= 0.6 is 0 Å². The minimum absolute atomic E-state index is 0.00185. The van der Waals surface area contributed by atoms with E-state index < -0.39 is 0 Å². The van der Waals surface area contributed by atoms with E-state index in [1.807, 2.05) is 51.1 Å². The second-order valence-corrected chi connectivity index (χ2v) is 8.30. The summed E-state index contributed by atoms with van der Waals surface area (Å²) in [7, 11) is 0. The monoisotopic (exact) mass is 455 g/mol. The number of terminal acetylenes is 1. The zero-order valence-electron chi connectivity index (χ0n) is 20.4. The molecule has 2 unspecified atom stereocenters. The van der Waals surface area contributed by atoms with Gasteiger partial charge in [-0.25, -0.2) is 0 Å². The summed E-state index contributed by atoms with van der Waals surface area (Å²) in [6.07, 6.45) is 7.38. The molecule has 33 heavy (non-hydrogen) atoms. The van der Waals surface area contributed by atoms with Crippen molar-refractivity contribution in [2.75, 3.05) is 13.1 Å². The molecule has 0 radical (unpaired) electrons. The second-order valence-electron chi connectivity index (χ2n) is 8.30. The van der Waals surface area contributed by atoms with E-state index in [0.717, 1.165) is 16.8 Å². The Hall–Kier alpha value is -3.11. The lowest BCUT2D eigenvalue weighted by Crippen LogP contribution is -2.32. The average Bonchev–Trinajstić information content (AvgIpc) is 3.48. The number of hydrogen-bond donors (Lipinski definition) is 2. The predicted molar refractivity (Wildman–Crippen MR) is 129 cm³/mol. The summed E-state index contributed by atoms with van der Waals surface area (Å²) in [5.74, 6) is 3.07. The maximum atomic E-state index is 12.2. The number of β-amino-alcohol motifs (C(OH)–C–C–N with tert-alkyl or cyclic N) is 1. The van der Waals surface area contributed by atoms with Crippen molar-refractivity contribution in [2.45, 2.75) is 71.9 Å². The van der Waals surface area contributed by atoms with Gasteiger partial charge < -0.3 is 19.8 Å². The van der Waals surface area contributed by atoms with Gasteiger partial charge in [-0.15, -0.1) is 6.42 Å². The lowest BCUT2D eigenvalue weighted by Gasteiger charge is -2.18. The van der Waals surface area contributed by atoms with Crippen molar-refractivity contribution in [1.82, 2.24) is 15.4 Å². The maximum Gasteiger partial charge on any atom is 0.233 e. The Morgan fingerprint density at radius 3 is 2.42 bits per heavy atom. The third-order valence-electron chi connectivity index (χ3n) is 4.92. The molecule has 1 saturated heterocycles. The fraction of sp³-hybridized carbons (Fsp3) is 0.500. The van der Waals surface area contributed by atoms with E-state index in [4.69, 9.17) is 10.9 Å². The van der Waals surface area contributed by atoms with E-state index in [0.29, 0.717) is 44.1 Å². The van der Waals surface area contributed by atoms with Crippen molar-refractivity contribution < 1.29 is 19.2 Å². The summed E-state index contributed by atoms with van der Waals surface area (Å²) in [6.45, 7) is 11.7. The summed E-state index contributed by atoms with van der Waals surface area (Å²) >= 11 is 0. The number of carbonyl (C=O) groups is 2. The summed E-state index contributed by atoms with van der Waals surface area (Å²) < 4.78 is 5.24. The molecule has 3 rings (SSSR count). The number of likely N-dealkylation sites (tertiary alicyclic amines) is 1. The van der Waals surface area contributed by atoms with E-state index in [9.17, 15) is 14.7 Å². The normalized spacial score (nSPS) is 15.5. The molecule has 0 aliphatic carbocycles. The van der Waals surface area contributed by atoms with Crippen molar-refractivity contribution >= 4 is 12.3 Å². The molecule has 2 aromatic rings. The van der Waals surface area contributed by atoms with E-state index in [1.54, 1.807) is 4.90 Å². The van der Waals surface area contributed by atoms with Gasteiger partial charge in [0, 0.05) is 31.3 Å². The molecule has 1 aromatic heterocycles. The molecular weight excluding hydrogens is 418 g/mol. The van der Waals surface area contributed by atoms with Crippen LogP contribution in [0.3, 0.4) is 0 Å². The zero-order chi connectivity index (χ0) is 24.8. The van der Waals surface area contributed by atoms with Gasteiger partial charge in [0.05, 0.1) is 17.7 Å². The molecule has 0 saturated carbocycles. The second kappa shape index (κ2) is 14.9.